The van der Waals surface area contributed by atoms with Crippen molar-refractivity contribution in [1.82, 2.24) is 29.1 Å². The fraction of sp³-hybridized carbons (Fsp3) is 0.129. The Morgan fingerprint density at radius 1 is 1.00 bits per heavy atom. The zero-order valence-corrected chi connectivity index (χ0v) is 23.7. The summed E-state index contributed by atoms with van der Waals surface area (Å²) < 4.78 is 38.6. The number of fused-ring (bicyclic) bond motifs is 1. The molecule has 11 nitrogen and oxygen atoms in total. The van der Waals surface area contributed by atoms with Crippen molar-refractivity contribution in [2.75, 3.05) is 5.32 Å². The van der Waals surface area contributed by atoms with Crippen LogP contribution in [-0.4, -0.2) is 35.0 Å². The van der Waals surface area contributed by atoms with E-state index in [1.807, 2.05) is 13.1 Å². The minimum atomic E-state index is -0.908. The maximum absolute atomic E-state index is 15.3. The molecule has 0 spiro atoms. The van der Waals surface area contributed by atoms with Crippen molar-refractivity contribution in [3.63, 3.8) is 0 Å². The van der Waals surface area contributed by atoms with E-state index in [2.05, 4.69) is 20.6 Å². The molecule has 3 heterocycles. The van der Waals surface area contributed by atoms with Crippen molar-refractivity contribution in [2.45, 2.75) is 19.9 Å². The van der Waals surface area contributed by atoms with Crippen LogP contribution in [0.15, 0.2) is 89.0 Å². The third-order valence-corrected chi connectivity index (χ3v) is 7.07. The number of benzene rings is 3. The van der Waals surface area contributed by atoms with E-state index in [0.29, 0.717) is 11.3 Å². The Hall–Kier alpha value is -5.85. The summed E-state index contributed by atoms with van der Waals surface area (Å²) >= 11 is 0. The Morgan fingerprint density at radius 3 is 2.45 bits per heavy atom. The first kappa shape index (κ1) is 28.3. The highest BCUT2D eigenvalue weighted by Crippen LogP contribution is 2.37. The molecule has 0 saturated heterocycles. The summed E-state index contributed by atoms with van der Waals surface area (Å²) in [7, 11) is 1.81. The molecule has 0 aliphatic carbocycles. The van der Waals surface area contributed by atoms with Gasteiger partial charge in [-0.2, -0.15) is 10.2 Å². The van der Waals surface area contributed by atoms with Crippen LogP contribution in [0.4, 0.5) is 14.5 Å². The van der Waals surface area contributed by atoms with Crippen molar-refractivity contribution in [1.29, 1.82) is 0 Å². The van der Waals surface area contributed by atoms with E-state index in [1.54, 1.807) is 43.2 Å². The number of anilines is 1. The van der Waals surface area contributed by atoms with Crippen molar-refractivity contribution >= 4 is 22.5 Å². The minimum absolute atomic E-state index is 0.0487. The minimum Gasteiger partial charge on any atom is -0.454 e. The Labute approximate surface area is 248 Å². The summed E-state index contributed by atoms with van der Waals surface area (Å²) in [6.07, 6.45) is 6.13. The molecule has 6 rings (SSSR count). The molecule has 44 heavy (non-hydrogen) atoms. The van der Waals surface area contributed by atoms with Gasteiger partial charge in [0, 0.05) is 53.8 Å². The zero-order chi connectivity index (χ0) is 31.1. The van der Waals surface area contributed by atoms with Gasteiger partial charge in [-0.3, -0.25) is 23.9 Å². The third-order valence-electron chi connectivity index (χ3n) is 7.07. The first-order chi connectivity index (χ1) is 21.1. The van der Waals surface area contributed by atoms with Gasteiger partial charge >= 0.3 is 5.69 Å². The molecule has 0 radical (unpaired) electrons. The molecule has 0 fully saturated rings. The second-order valence-corrected chi connectivity index (χ2v) is 10.3. The number of aromatic nitrogens is 6. The monoisotopic (exact) mass is 597 g/mol. The van der Waals surface area contributed by atoms with Gasteiger partial charge in [-0.25, -0.2) is 18.1 Å². The van der Waals surface area contributed by atoms with Crippen LogP contribution >= 0.6 is 0 Å². The number of hydrogen-bond acceptors (Lipinski definition) is 6. The zero-order valence-electron chi connectivity index (χ0n) is 23.7. The highest BCUT2D eigenvalue weighted by Gasteiger charge is 2.21. The Balaban J connectivity index is 1.32. The van der Waals surface area contributed by atoms with Gasteiger partial charge in [0.15, 0.2) is 11.6 Å². The van der Waals surface area contributed by atoms with E-state index in [4.69, 9.17) is 4.74 Å². The average molecular weight is 598 g/mol. The molecular weight excluding hydrogens is 572 g/mol. The van der Waals surface area contributed by atoms with Crippen molar-refractivity contribution in [3.05, 3.63) is 117 Å². The predicted molar refractivity (Wildman–Crippen MR) is 159 cm³/mol. The number of rotatable bonds is 7. The Morgan fingerprint density at radius 2 is 1.77 bits per heavy atom. The molecule has 0 atom stereocenters. The molecule has 3 aromatic carbocycles. The first-order valence-electron chi connectivity index (χ1n) is 13.5. The Kier molecular flexibility index (Phi) is 7.13. The number of aromatic amines is 1. The van der Waals surface area contributed by atoms with Crippen LogP contribution in [0.2, 0.25) is 0 Å². The summed E-state index contributed by atoms with van der Waals surface area (Å²) in [5, 5.41) is 14.3. The number of carbonyl (C=O) groups is 1. The summed E-state index contributed by atoms with van der Waals surface area (Å²) in [5.41, 5.74) is 0.400. The molecular formula is C31H25F2N7O4. The van der Waals surface area contributed by atoms with E-state index in [1.165, 1.54) is 28.8 Å². The Bertz CT molecular complexity index is 2150. The van der Waals surface area contributed by atoms with Gasteiger partial charge in [-0.05, 0) is 62.4 Å². The summed E-state index contributed by atoms with van der Waals surface area (Å²) in [4.78, 5) is 39.7. The average Bonchev–Trinajstić information content (AvgIpc) is 3.65. The van der Waals surface area contributed by atoms with E-state index in [-0.39, 0.29) is 22.7 Å². The summed E-state index contributed by atoms with van der Waals surface area (Å²) in [6.45, 7) is 3.42. The normalized spacial score (nSPS) is 11.3. The lowest BCUT2D eigenvalue weighted by Gasteiger charge is -2.16. The van der Waals surface area contributed by atoms with Crippen LogP contribution in [0.3, 0.4) is 0 Å². The molecule has 13 heteroatoms. The quantitative estimate of drug-likeness (QED) is 0.261. The van der Waals surface area contributed by atoms with Gasteiger partial charge in [-0.15, -0.1) is 0 Å². The van der Waals surface area contributed by atoms with E-state index >= 15 is 4.39 Å². The molecule has 0 aliphatic rings. The van der Waals surface area contributed by atoms with Crippen LogP contribution in [0.5, 0.6) is 11.5 Å². The van der Waals surface area contributed by atoms with Gasteiger partial charge < -0.3 is 10.1 Å². The molecule has 3 aromatic heterocycles. The summed E-state index contributed by atoms with van der Waals surface area (Å²) in [5.74, 6) is -1.94. The highest BCUT2D eigenvalue weighted by molar-refractivity contribution is 6.04. The van der Waals surface area contributed by atoms with Gasteiger partial charge in [0.25, 0.3) is 11.5 Å². The van der Waals surface area contributed by atoms with Gasteiger partial charge in [-0.1, -0.05) is 0 Å². The highest BCUT2D eigenvalue weighted by atomic mass is 19.1. The lowest BCUT2D eigenvalue weighted by molar-refractivity contribution is 0.102. The molecule has 0 aliphatic heterocycles. The topological polar surface area (TPSA) is 129 Å². The number of amides is 1. The largest absolute Gasteiger partial charge is 0.454 e. The second kappa shape index (κ2) is 11.1. The second-order valence-electron chi connectivity index (χ2n) is 10.3. The maximum atomic E-state index is 15.3. The number of halogens is 2. The molecule has 0 bridgehead atoms. The fourth-order valence-corrected chi connectivity index (χ4v) is 4.78. The molecule has 1 amide bonds. The van der Waals surface area contributed by atoms with Gasteiger partial charge in [0.1, 0.15) is 17.1 Å². The lowest BCUT2D eigenvalue weighted by atomic mass is 10.1. The number of ether oxygens (including phenoxy) is 1. The van der Waals surface area contributed by atoms with E-state index in [0.717, 1.165) is 45.4 Å². The van der Waals surface area contributed by atoms with Crippen LogP contribution in [-0.2, 0) is 7.05 Å². The van der Waals surface area contributed by atoms with Crippen LogP contribution < -0.4 is 21.3 Å². The third kappa shape index (κ3) is 5.15. The fourth-order valence-electron chi connectivity index (χ4n) is 4.78. The lowest BCUT2D eigenvalue weighted by Crippen LogP contribution is -2.42. The van der Waals surface area contributed by atoms with Crippen LogP contribution in [0.25, 0.3) is 27.7 Å². The summed E-state index contributed by atoms with van der Waals surface area (Å²) in [6, 6.07) is 11.8. The number of nitrogens with zero attached hydrogens (tertiary/aromatic N) is 5. The van der Waals surface area contributed by atoms with Crippen LogP contribution in [0.1, 0.15) is 30.2 Å². The molecule has 0 unspecified atom stereocenters. The van der Waals surface area contributed by atoms with Crippen molar-refractivity contribution in [3.8, 4) is 28.3 Å². The smallest absolute Gasteiger partial charge is 0.335 e. The molecule has 2 N–H and O–H groups in total. The van der Waals surface area contributed by atoms with Crippen molar-refractivity contribution in [2.24, 2.45) is 7.05 Å². The molecule has 222 valence electrons. The predicted octanol–water partition coefficient (Wildman–Crippen LogP) is 5.18. The van der Waals surface area contributed by atoms with Gasteiger partial charge in [0.05, 0.1) is 23.6 Å². The number of aryl methyl sites for hydroxylation is 1. The van der Waals surface area contributed by atoms with Crippen LogP contribution in [0, 0.1) is 11.6 Å². The molecule has 0 saturated carbocycles. The van der Waals surface area contributed by atoms with Gasteiger partial charge in [0.2, 0.25) is 0 Å². The number of nitrogens with one attached hydrogen (secondary N) is 2. The maximum Gasteiger partial charge on any atom is 0.335 e. The number of carbonyl (C=O) groups excluding carboxylic acids is 1. The van der Waals surface area contributed by atoms with E-state index in [9.17, 15) is 18.8 Å². The van der Waals surface area contributed by atoms with E-state index < -0.39 is 34.8 Å². The number of H-pyrrole nitrogens is 1. The molecule has 6 aromatic rings. The number of hydrogen-bond donors (Lipinski definition) is 2. The first-order valence-corrected chi connectivity index (χ1v) is 13.5. The standard InChI is InChI=1S/C31H25F2N7O4/c1-17(2)39-16-24(30(42)40(31(39)43)22-7-4-20(32)5-8-22)29(41)37-21-6-9-27(25(33)11-21)44-28-10-18-15-36-38(3)26(18)12-23(28)19-13-34-35-14-19/h4-17H,1-3H3,(H,34,35)(H,37,41). The SMILES string of the molecule is CC(C)n1cc(C(=O)Nc2ccc(Oc3cc4cnn(C)c4cc3-c3cn[nH]c3)c(F)c2)c(=O)n(-c2ccc(F)cc2)c1=O. The van der Waals surface area contributed by atoms with Crippen molar-refractivity contribution < 1.29 is 18.3 Å².